The summed E-state index contributed by atoms with van der Waals surface area (Å²) >= 11 is 0. The van der Waals surface area contributed by atoms with Crippen molar-refractivity contribution in [1.29, 1.82) is 0 Å². The molecule has 1 N–H and O–H groups in total. The Labute approximate surface area is 112 Å². The van der Waals surface area contributed by atoms with Crippen LogP contribution >= 0.6 is 0 Å². The number of hydrogen-bond donors (Lipinski definition) is 1. The number of carbonyl (C=O) groups excluding carboxylic acids is 1. The van der Waals surface area contributed by atoms with Gasteiger partial charge in [-0.1, -0.05) is 0 Å². The predicted molar refractivity (Wildman–Crippen MR) is 72.0 cm³/mol. The molecule has 2 heterocycles. The fraction of sp³-hybridized carbons (Fsp3) is 0.571. The maximum absolute atomic E-state index is 12.4. The topological polar surface area (TPSA) is 62.5 Å². The first kappa shape index (κ1) is 13.8. The van der Waals surface area contributed by atoms with Gasteiger partial charge in [0, 0.05) is 44.1 Å². The third kappa shape index (κ3) is 2.87. The number of pyridine rings is 1. The zero-order valence-corrected chi connectivity index (χ0v) is 11.4. The average Bonchev–Trinajstić information content (AvgIpc) is 2.41. The van der Waals surface area contributed by atoms with E-state index in [-0.39, 0.29) is 30.0 Å². The molecule has 2 unspecified atom stereocenters. The van der Waals surface area contributed by atoms with Gasteiger partial charge in [-0.3, -0.25) is 9.59 Å². The molecule has 1 aliphatic rings. The van der Waals surface area contributed by atoms with Crippen LogP contribution in [-0.4, -0.2) is 39.7 Å². The highest BCUT2D eigenvalue weighted by Crippen LogP contribution is 2.23. The van der Waals surface area contributed by atoms with Crippen molar-refractivity contribution < 1.29 is 9.90 Å². The molecular formula is C14H20N2O3. The zero-order chi connectivity index (χ0) is 14.0. The number of piperidine rings is 1. The molecule has 1 amide bonds. The zero-order valence-electron chi connectivity index (χ0n) is 11.4. The Kier molecular flexibility index (Phi) is 4.04. The number of nitrogens with zero attached hydrogens (tertiary/aromatic N) is 2. The summed E-state index contributed by atoms with van der Waals surface area (Å²) in [5.74, 6) is 0.0232. The normalized spacial score (nSPS) is 23.4. The van der Waals surface area contributed by atoms with Crippen LogP contribution in [0.1, 0.15) is 30.1 Å². The fourth-order valence-corrected chi connectivity index (χ4v) is 2.46. The van der Waals surface area contributed by atoms with Crippen LogP contribution < -0.4 is 5.56 Å². The van der Waals surface area contributed by atoms with Gasteiger partial charge in [-0.15, -0.1) is 0 Å². The Hall–Kier alpha value is -1.62. The van der Waals surface area contributed by atoms with Crippen LogP contribution in [0.5, 0.6) is 0 Å². The molecule has 19 heavy (non-hydrogen) atoms. The molecule has 0 aliphatic carbocycles. The highest BCUT2D eigenvalue weighted by Gasteiger charge is 2.29. The lowest BCUT2D eigenvalue weighted by Crippen LogP contribution is -2.46. The second-order valence-electron chi connectivity index (χ2n) is 5.30. The molecule has 5 nitrogen and oxygen atoms in total. The van der Waals surface area contributed by atoms with Crippen molar-refractivity contribution in [2.45, 2.75) is 25.8 Å². The molecule has 0 bridgehead atoms. The first-order chi connectivity index (χ1) is 9.02. The summed E-state index contributed by atoms with van der Waals surface area (Å²) in [5.41, 5.74) is 0.239. The lowest BCUT2D eigenvalue weighted by molar-refractivity contribution is 0.0488. The van der Waals surface area contributed by atoms with Crippen LogP contribution in [0.15, 0.2) is 23.1 Å². The predicted octanol–water partition coefficient (Wildman–Crippen LogP) is 0.618. The van der Waals surface area contributed by atoms with Crippen molar-refractivity contribution >= 4 is 5.91 Å². The van der Waals surface area contributed by atoms with Gasteiger partial charge in [0.1, 0.15) is 0 Å². The molecule has 2 atom stereocenters. The SMILES string of the molecule is CC1CCC(CO)CN1C(=O)c1ccn(C)c(=O)c1. The molecule has 0 radical (unpaired) electrons. The number of aliphatic hydroxyl groups is 1. The molecule has 2 rings (SSSR count). The van der Waals surface area contributed by atoms with Crippen LogP contribution in [0.4, 0.5) is 0 Å². The van der Waals surface area contributed by atoms with Gasteiger partial charge < -0.3 is 14.6 Å². The summed E-state index contributed by atoms with van der Waals surface area (Å²) in [5, 5.41) is 9.24. The van der Waals surface area contributed by atoms with E-state index in [2.05, 4.69) is 0 Å². The molecule has 0 spiro atoms. The van der Waals surface area contributed by atoms with Crippen molar-refractivity contribution in [3.8, 4) is 0 Å². The molecule has 104 valence electrons. The van der Waals surface area contributed by atoms with Crippen molar-refractivity contribution in [2.75, 3.05) is 13.2 Å². The first-order valence-corrected chi connectivity index (χ1v) is 6.61. The number of aliphatic hydroxyl groups excluding tert-OH is 1. The van der Waals surface area contributed by atoms with Crippen LogP contribution in [-0.2, 0) is 7.05 Å². The minimum absolute atomic E-state index is 0.104. The van der Waals surface area contributed by atoms with E-state index in [0.29, 0.717) is 12.1 Å². The fourth-order valence-electron chi connectivity index (χ4n) is 2.46. The number of aryl methyl sites for hydroxylation is 1. The maximum Gasteiger partial charge on any atom is 0.254 e. The molecular weight excluding hydrogens is 244 g/mol. The minimum atomic E-state index is -0.186. The Morgan fingerprint density at radius 3 is 2.84 bits per heavy atom. The summed E-state index contributed by atoms with van der Waals surface area (Å²) in [6, 6.07) is 3.19. The summed E-state index contributed by atoms with van der Waals surface area (Å²) in [6.45, 7) is 2.67. The first-order valence-electron chi connectivity index (χ1n) is 6.61. The van der Waals surface area contributed by atoms with E-state index in [1.165, 1.54) is 10.6 Å². The van der Waals surface area contributed by atoms with Crippen LogP contribution in [0.2, 0.25) is 0 Å². The quantitative estimate of drug-likeness (QED) is 0.851. The Balaban J connectivity index is 2.21. The second kappa shape index (κ2) is 5.57. The molecule has 1 saturated heterocycles. The minimum Gasteiger partial charge on any atom is -0.396 e. The molecule has 0 saturated carbocycles. The van der Waals surface area contributed by atoms with Gasteiger partial charge in [-0.2, -0.15) is 0 Å². The monoisotopic (exact) mass is 264 g/mol. The van der Waals surface area contributed by atoms with Gasteiger partial charge in [0.2, 0.25) is 0 Å². The number of rotatable bonds is 2. The summed E-state index contributed by atoms with van der Waals surface area (Å²) in [7, 11) is 1.65. The Morgan fingerprint density at radius 2 is 2.21 bits per heavy atom. The van der Waals surface area contributed by atoms with E-state index in [9.17, 15) is 14.7 Å². The van der Waals surface area contributed by atoms with E-state index < -0.39 is 0 Å². The summed E-state index contributed by atoms with van der Waals surface area (Å²) in [6.07, 6.45) is 3.44. The maximum atomic E-state index is 12.4. The van der Waals surface area contributed by atoms with E-state index in [4.69, 9.17) is 0 Å². The Morgan fingerprint density at radius 1 is 1.47 bits per heavy atom. The molecule has 1 aromatic heterocycles. The molecule has 5 heteroatoms. The van der Waals surface area contributed by atoms with Crippen molar-refractivity contribution in [2.24, 2.45) is 13.0 Å². The van der Waals surface area contributed by atoms with E-state index in [0.717, 1.165) is 12.8 Å². The van der Waals surface area contributed by atoms with Crippen LogP contribution in [0.3, 0.4) is 0 Å². The van der Waals surface area contributed by atoms with Crippen molar-refractivity contribution in [3.63, 3.8) is 0 Å². The molecule has 1 fully saturated rings. The number of likely N-dealkylation sites (tertiary alicyclic amines) is 1. The summed E-state index contributed by atoms with van der Waals surface area (Å²) < 4.78 is 1.44. The molecule has 0 aromatic carbocycles. The number of carbonyl (C=O) groups is 1. The number of hydrogen-bond acceptors (Lipinski definition) is 3. The van der Waals surface area contributed by atoms with E-state index in [1.807, 2.05) is 6.92 Å². The largest absolute Gasteiger partial charge is 0.396 e. The lowest BCUT2D eigenvalue weighted by atomic mass is 9.93. The van der Waals surface area contributed by atoms with Gasteiger partial charge in [0.05, 0.1) is 0 Å². The highest BCUT2D eigenvalue weighted by molar-refractivity contribution is 5.94. The van der Waals surface area contributed by atoms with Gasteiger partial charge in [-0.25, -0.2) is 0 Å². The Bertz CT molecular complexity index is 524. The molecule has 1 aromatic rings. The third-order valence-electron chi connectivity index (χ3n) is 3.85. The van der Waals surface area contributed by atoms with Crippen molar-refractivity contribution in [3.05, 3.63) is 34.2 Å². The standard InChI is InChI=1S/C14H20N2O3/c1-10-3-4-11(9-17)8-16(10)14(19)12-5-6-15(2)13(18)7-12/h5-7,10-11,17H,3-4,8-9H2,1-2H3. The van der Waals surface area contributed by atoms with Crippen molar-refractivity contribution in [1.82, 2.24) is 9.47 Å². The lowest BCUT2D eigenvalue weighted by Gasteiger charge is -2.37. The smallest absolute Gasteiger partial charge is 0.254 e. The van der Waals surface area contributed by atoms with Gasteiger partial charge >= 0.3 is 0 Å². The highest BCUT2D eigenvalue weighted by atomic mass is 16.3. The third-order valence-corrected chi connectivity index (χ3v) is 3.85. The van der Waals surface area contributed by atoms with Gasteiger partial charge in [0.25, 0.3) is 11.5 Å². The van der Waals surface area contributed by atoms with Crippen LogP contribution in [0.25, 0.3) is 0 Å². The van der Waals surface area contributed by atoms with Gasteiger partial charge in [0.15, 0.2) is 0 Å². The van der Waals surface area contributed by atoms with E-state index >= 15 is 0 Å². The number of aromatic nitrogens is 1. The average molecular weight is 264 g/mol. The number of amides is 1. The second-order valence-corrected chi connectivity index (χ2v) is 5.30. The van der Waals surface area contributed by atoms with Crippen LogP contribution in [0, 0.1) is 5.92 Å². The summed E-state index contributed by atoms with van der Waals surface area (Å²) in [4.78, 5) is 25.8. The van der Waals surface area contributed by atoms with E-state index in [1.54, 1.807) is 24.2 Å². The molecule has 1 aliphatic heterocycles. The van der Waals surface area contributed by atoms with Gasteiger partial charge in [-0.05, 0) is 31.7 Å².